The quantitative estimate of drug-likeness (QED) is 0.899. The van der Waals surface area contributed by atoms with Crippen molar-refractivity contribution in [2.24, 2.45) is 0 Å². The number of amides is 2. The van der Waals surface area contributed by atoms with Gasteiger partial charge in [0.1, 0.15) is 0 Å². The van der Waals surface area contributed by atoms with Gasteiger partial charge in [0.2, 0.25) is 5.91 Å². The Kier molecular flexibility index (Phi) is 4.10. The average Bonchev–Trinajstić information content (AvgIpc) is 2.43. The van der Waals surface area contributed by atoms with Crippen molar-refractivity contribution < 1.29 is 9.59 Å². The highest BCUT2D eigenvalue weighted by molar-refractivity contribution is 6.05. The minimum absolute atomic E-state index is 0.147. The summed E-state index contributed by atoms with van der Waals surface area (Å²) in [5, 5.41) is 5.55. The number of hydrogen-bond acceptors (Lipinski definition) is 3. The summed E-state index contributed by atoms with van der Waals surface area (Å²) in [5.74, 6) is -0.360. The molecule has 2 aromatic rings. The van der Waals surface area contributed by atoms with E-state index in [9.17, 15) is 9.59 Å². The summed E-state index contributed by atoms with van der Waals surface area (Å²) in [4.78, 5) is 27.1. The Bertz CT molecular complexity index is 639. The summed E-state index contributed by atoms with van der Waals surface area (Å²) in [5.41, 5.74) is 2.69. The summed E-state index contributed by atoms with van der Waals surface area (Å²) in [6.07, 6.45) is 3.13. The fourth-order valence-corrected chi connectivity index (χ4v) is 1.79. The zero-order chi connectivity index (χ0) is 14.5. The number of rotatable bonds is 3. The van der Waals surface area contributed by atoms with Crippen molar-refractivity contribution in [2.75, 3.05) is 10.6 Å². The number of carbonyl (C=O) groups excluding carboxylic acids is 2. The lowest BCUT2D eigenvalue weighted by Gasteiger charge is -2.12. The first-order valence-corrected chi connectivity index (χ1v) is 6.16. The van der Waals surface area contributed by atoms with Crippen LogP contribution in [-0.4, -0.2) is 16.8 Å². The molecule has 1 aromatic heterocycles. The fraction of sp³-hybridized carbons (Fsp3) is 0.133. The van der Waals surface area contributed by atoms with Crippen LogP contribution in [-0.2, 0) is 4.79 Å². The Morgan fingerprint density at radius 2 is 1.60 bits per heavy atom. The van der Waals surface area contributed by atoms with Gasteiger partial charge < -0.3 is 10.6 Å². The van der Waals surface area contributed by atoms with Crippen molar-refractivity contribution in [3.05, 3.63) is 53.9 Å². The van der Waals surface area contributed by atoms with Crippen molar-refractivity contribution in [1.29, 1.82) is 0 Å². The first-order chi connectivity index (χ1) is 9.58. The summed E-state index contributed by atoms with van der Waals surface area (Å²) < 4.78 is 0. The standard InChI is InChI=1S/C15H15N3O2/c1-10-13(17-11(2)19)4-3-5-14(10)18-15(20)12-6-8-16-9-7-12/h3-9H,1-2H3,(H,17,19)(H,18,20). The molecule has 5 heteroatoms. The second-order valence-electron chi connectivity index (χ2n) is 4.35. The number of pyridine rings is 1. The normalized spacial score (nSPS) is 9.90. The molecular weight excluding hydrogens is 254 g/mol. The predicted molar refractivity (Wildman–Crippen MR) is 77.7 cm³/mol. The molecule has 0 radical (unpaired) electrons. The van der Waals surface area contributed by atoms with Crippen LogP contribution in [0.15, 0.2) is 42.7 Å². The van der Waals surface area contributed by atoms with Gasteiger partial charge in [0.05, 0.1) is 0 Å². The molecule has 0 unspecified atom stereocenters. The number of aromatic nitrogens is 1. The third-order valence-electron chi connectivity index (χ3n) is 2.84. The number of nitrogens with zero attached hydrogens (tertiary/aromatic N) is 1. The van der Waals surface area contributed by atoms with Crippen molar-refractivity contribution in [2.45, 2.75) is 13.8 Å². The molecule has 0 aliphatic carbocycles. The van der Waals surface area contributed by atoms with E-state index in [0.717, 1.165) is 5.56 Å². The number of nitrogens with one attached hydrogen (secondary N) is 2. The lowest BCUT2D eigenvalue weighted by Crippen LogP contribution is -2.14. The molecule has 2 amide bonds. The average molecular weight is 269 g/mol. The maximum atomic E-state index is 12.1. The third kappa shape index (κ3) is 3.20. The third-order valence-corrected chi connectivity index (χ3v) is 2.84. The van der Waals surface area contributed by atoms with Gasteiger partial charge in [-0.1, -0.05) is 6.07 Å². The largest absolute Gasteiger partial charge is 0.326 e. The van der Waals surface area contributed by atoms with Gasteiger partial charge in [0.25, 0.3) is 5.91 Å². The molecule has 0 saturated heterocycles. The molecule has 0 atom stereocenters. The first kappa shape index (κ1) is 13.7. The Hall–Kier alpha value is -2.69. The van der Waals surface area contributed by atoms with E-state index < -0.39 is 0 Å². The van der Waals surface area contributed by atoms with Gasteiger partial charge in [0.15, 0.2) is 0 Å². The molecule has 1 aromatic carbocycles. The topological polar surface area (TPSA) is 71.1 Å². The molecule has 0 bridgehead atoms. The number of hydrogen-bond donors (Lipinski definition) is 2. The molecule has 102 valence electrons. The van der Waals surface area contributed by atoms with E-state index in [1.54, 1.807) is 42.7 Å². The molecule has 0 spiro atoms. The summed E-state index contributed by atoms with van der Waals surface area (Å²) in [6.45, 7) is 3.29. The van der Waals surface area contributed by atoms with Gasteiger partial charge in [-0.25, -0.2) is 0 Å². The summed E-state index contributed by atoms with van der Waals surface area (Å²) in [7, 11) is 0. The molecule has 2 N–H and O–H groups in total. The smallest absolute Gasteiger partial charge is 0.255 e. The fourth-order valence-electron chi connectivity index (χ4n) is 1.79. The van der Waals surface area contributed by atoms with Crippen LogP contribution in [0.5, 0.6) is 0 Å². The van der Waals surface area contributed by atoms with E-state index >= 15 is 0 Å². The first-order valence-electron chi connectivity index (χ1n) is 6.16. The highest BCUT2D eigenvalue weighted by Gasteiger charge is 2.09. The second-order valence-corrected chi connectivity index (χ2v) is 4.35. The molecular formula is C15H15N3O2. The maximum Gasteiger partial charge on any atom is 0.255 e. The summed E-state index contributed by atoms with van der Waals surface area (Å²) in [6, 6.07) is 8.64. The highest BCUT2D eigenvalue weighted by Crippen LogP contribution is 2.23. The number of benzene rings is 1. The van der Waals surface area contributed by atoms with E-state index in [-0.39, 0.29) is 11.8 Å². The summed E-state index contributed by atoms with van der Waals surface area (Å²) >= 11 is 0. The van der Waals surface area contributed by atoms with Gasteiger partial charge in [0, 0.05) is 36.3 Å². The lowest BCUT2D eigenvalue weighted by molar-refractivity contribution is -0.114. The molecule has 0 fully saturated rings. The molecule has 1 heterocycles. The minimum atomic E-state index is -0.213. The Morgan fingerprint density at radius 3 is 2.20 bits per heavy atom. The Labute approximate surface area is 117 Å². The van der Waals surface area contributed by atoms with E-state index in [1.165, 1.54) is 6.92 Å². The van der Waals surface area contributed by atoms with Crippen LogP contribution in [0.25, 0.3) is 0 Å². The van der Waals surface area contributed by atoms with Crippen LogP contribution in [0.4, 0.5) is 11.4 Å². The lowest BCUT2D eigenvalue weighted by atomic mass is 10.1. The van der Waals surface area contributed by atoms with E-state index in [4.69, 9.17) is 0 Å². The van der Waals surface area contributed by atoms with Crippen LogP contribution in [0.2, 0.25) is 0 Å². The van der Waals surface area contributed by atoms with Gasteiger partial charge in [-0.15, -0.1) is 0 Å². The van der Waals surface area contributed by atoms with Gasteiger partial charge in [-0.2, -0.15) is 0 Å². The van der Waals surface area contributed by atoms with Crippen LogP contribution in [0.1, 0.15) is 22.8 Å². The van der Waals surface area contributed by atoms with Gasteiger partial charge >= 0.3 is 0 Å². The van der Waals surface area contributed by atoms with Crippen molar-refractivity contribution in [3.8, 4) is 0 Å². The Balaban J connectivity index is 2.22. The molecule has 0 saturated carbocycles. The highest BCUT2D eigenvalue weighted by atomic mass is 16.2. The van der Waals surface area contributed by atoms with Crippen molar-refractivity contribution >= 4 is 23.2 Å². The van der Waals surface area contributed by atoms with E-state index in [2.05, 4.69) is 15.6 Å². The zero-order valence-corrected chi connectivity index (χ0v) is 11.3. The van der Waals surface area contributed by atoms with Crippen molar-refractivity contribution in [1.82, 2.24) is 4.98 Å². The predicted octanol–water partition coefficient (Wildman–Crippen LogP) is 2.60. The Morgan fingerprint density at radius 1 is 1.00 bits per heavy atom. The van der Waals surface area contributed by atoms with Gasteiger partial charge in [-0.3, -0.25) is 14.6 Å². The van der Waals surface area contributed by atoms with Crippen LogP contribution in [0, 0.1) is 6.92 Å². The SMILES string of the molecule is CC(=O)Nc1cccc(NC(=O)c2ccncc2)c1C. The maximum absolute atomic E-state index is 12.1. The van der Waals surface area contributed by atoms with Crippen LogP contribution < -0.4 is 10.6 Å². The monoisotopic (exact) mass is 269 g/mol. The molecule has 0 aliphatic heterocycles. The van der Waals surface area contributed by atoms with Crippen LogP contribution in [0.3, 0.4) is 0 Å². The van der Waals surface area contributed by atoms with Crippen LogP contribution >= 0.6 is 0 Å². The molecule has 0 aliphatic rings. The second kappa shape index (κ2) is 5.97. The molecule has 20 heavy (non-hydrogen) atoms. The van der Waals surface area contributed by atoms with E-state index in [0.29, 0.717) is 16.9 Å². The van der Waals surface area contributed by atoms with E-state index in [1.807, 2.05) is 6.92 Å². The number of carbonyl (C=O) groups is 2. The molecule has 5 nitrogen and oxygen atoms in total. The minimum Gasteiger partial charge on any atom is -0.326 e. The number of anilines is 2. The molecule has 2 rings (SSSR count). The van der Waals surface area contributed by atoms with Gasteiger partial charge in [-0.05, 0) is 36.8 Å². The zero-order valence-electron chi connectivity index (χ0n) is 11.3. The van der Waals surface area contributed by atoms with Crippen molar-refractivity contribution in [3.63, 3.8) is 0 Å².